The zero-order chi connectivity index (χ0) is 32.1. The molecule has 0 aromatic heterocycles. The fourth-order valence-corrected chi connectivity index (χ4v) is 7.12. The molecular weight excluding hydrogens is 564 g/mol. The van der Waals surface area contributed by atoms with E-state index in [2.05, 4.69) is 10.2 Å². The van der Waals surface area contributed by atoms with Crippen molar-refractivity contribution in [3.05, 3.63) is 70.0 Å². The van der Waals surface area contributed by atoms with Crippen LogP contribution in [0.4, 0.5) is 0 Å². The van der Waals surface area contributed by atoms with Gasteiger partial charge in [0.2, 0.25) is 5.78 Å². The number of nitrogens with zero attached hydrogens (tertiary/aromatic N) is 2. The quantitative estimate of drug-likeness (QED) is 0.182. The second-order valence-electron chi connectivity index (χ2n) is 12.5. The van der Waals surface area contributed by atoms with E-state index >= 15 is 0 Å². The number of amides is 1. The molecule has 0 aliphatic heterocycles. The van der Waals surface area contributed by atoms with Gasteiger partial charge < -0.3 is 36.4 Å². The van der Waals surface area contributed by atoms with Crippen molar-refractivity contribution in [2.45, 2.75) is 37.5 Å². The summed E-state index contributed by atoms with van der Waals surface area (Å²) < 4.78 is 0. The number of rotatable bonds is 9. The summed E-state index contributed by atoms with van der Waals surface area (Å²) in [6, 6.07) is 10.1. The fourth-order valence-electron chi connectivity index (χ4n) is 7.12. The Morgan fingerprint density at radius 3 is 2.48 bits per heavy atom. The molecule has 2 aromatic rings. The van der Waals surface area contributed by atoms with Crippen LogP contribution in [0, 0.1) is 11.8 Å². The summed E-state index contributed by atoms with van der Waals surface area (Å²) in [7, 11) is 7.23. The standard InChI is InChI=1S/C33H40N4O7/c1-36(2)12-6-11-35-16-17-7-5-8-18(13-17)20-9-10-23(38)25-21(20)14-19-15-22-27(37(3)4)29(40)26(32(34)43)31(42)33(22,44)30(41)24(19)28(25)39/h5,7-10,13,19,22,27,35,38-39,42,44H,6,11-12,14-16H2,1-4H3,(H2,34,43)/t19-,22-,27-,33-/m0/s1. The lowest BCUT2D eigenvalue weighted by Gasteiger charge is -2.50. The molecule has 0 spiro atoms. The number of aliphatic hydroxyl groups excluding tert-OH is 2. The molecule has 0 bridgehead atoms. The van der Waals surface area contributed by atoms with E-state index in [0.29, 0.717) is 12.1 Å². The van der Waals surface area contributed by atoms with Gasteiger partial charge in [-0.15, -0.1) is 0 Å². The number of likely N-dealkylation sites (N-methyl/N-ethyl adjacent to an activating group) is 1. The third-order valence-electron chi connectivity index (χ3n) is 9.13. The van der Waals surface area contributed by atoms with Crippen molar-refractivity contribution in [2.24, 2.45) is 17.6 Å². The lowest BCUT2D eigenvalue weighted by Crippen LogP contribution is -2.65. The van der Waals surface area contributed by atoms with Crippen molar-refractivity contribution in [1.82, 2.24) is 15.1 Å². The fraction of sp³-hybridized carbons (Fsp3) is 0.424. The lowest BCUT2D eigenvalue weighted by molar-refractivity contribution is -0.153. The molecule has 5 rings (SSSR count). The third kappa shape index (κ3) is 5.09. The van der Waals surface area contributed by atoms with E-state index in [9.17, 15) is 34.8 Å². The molecule has 0 radical (unpaired) electrons. The SMILES string of the molecule is CN(C)CCCNCc1cccc(-c2ccc(O)c3c2C[C@H]2C[C@H]4[C@H](N(C)C)C(=O)C(C(N)=O)=C(O)[C@@]4(O)C(=O)C2=C3O)c1. The number of phenolic OH excluding ortho intramolecular Hbond substituents is 1. The molecule has 1 saturated carbocycles. The first-order valence-corrected chi connectivity index (χ1v) is 14.7. The van der Waals surface area contributed by atoms with Crippen LogP contribution in [-0.4, -0.2) is 101 Å². The molecule has 0 heterocycles. The van der Waals surface area contributed by atoms with E-state index in [1.165, 1.54) is 11.0 Å². The summed E-state index contributed by atoms with van der Waals surface area (Å²) in [5.41, 5.74) is 5.15. The van der Waals surface area contributed by atoms with Crippen molar-refractivity contribution in [2.75, 3.05) is 41.3 Å². The zero-order valence-electron chi connectivity index (χ0n) is 25.4. The first-order valence-electron chi connectivity index (χ1n) is 14.7. The van der Waals surface area contributed by atoms with Crippen molar-refractivity contribution in [1.29, 1.82) is 0 Å². The molecule has 44 heavy (non-hydrogen) atoms. The molecule has 0 unspecified atom stereocenters. The number of nitrogens with two attached hydrogens (primary N) is 1. The molecule has 11 nitrogen and oxygen atoms in total. The Balaban J connectivity index is 1.56. The zero-order valence-corrected chi connectivity index (χ0v) is 25.4. The Hall–Kier alpha value is -4.03. The number of primary amides is 1. The van der Waals surface area contributed by atoms with E-state index in [1.807, 2.05) is 38.4 Å². The summed E-state index contributed by atoms with van der Waals surface area (Å²) in [6.45, 7) is 2.52. The number of Topliss-reactive ketones (excluding diaryl/α,β-unsaturated/α-hetero) is 2. The van der Waals surface area contributed by atoms with Gasteiger partial charge >= 0.3 is 0 Å². The van der Waals surface area contributed by atoms with Gasteiger partial charge in [0.25, 0.3) is 5.91 Å². The van der Waals surface area contributed by atoms with Gasteiger partial charge in [-0.25, -0.2) is 0 Å². The highest BCUT2D eigenvalue weighted by atomic mass is 16.3. The van der Waals surface area contributed by atoms with E-state index in [-0.39, 0.29) is 29.7 Å². The van der Waals surface area contributed by atoms with Crippen molar-refractivity contribution >= 4 is 23.2 Å². The maximum Gasteiger partial charge on any atom is 0.255 e. The maximum absolute atomic E-state index is 14.0. The van der Waals surface area contributed by atoms with Crippen LogP contribution in [0.5, 0.6) is 5.75 Å². The molecule has 2 aromatic carbocycles. The summed E-state index contributed by atoms with van der Waals surface area (Å²) in [5, 5.41) is 48.7. The first kappa shape index (κ1) is 31.4. The van der Waals surface area contributed by atoms with Gasteiger partial charge in [-0.05, 0) is 101 Å². The van der Waals surface area contributed by atoms with Crippen LogP contribution in [0.2, 0.25) is 0 Å². The summed E-state index contributed by atoms with van der Waals surface area (Å²) in [5.74, 6) is -6.66. The van der Waals surface area contributed by atoms with Gasteiger partial charge in [-0.2, -0.15) is 0 Å². The number of benzene rings is 2. The Morgan fingerprint density at radius 2 is 1.82 bits per heavy atom. The van der Waals surface area contributed by atoms with E-state index in [4.69, 9.17) is 5.73 Å². The Labute approximate surface area is 256 Å². The van der Waals surface area contributed by atoms with Crippen LogP contribution >= 0.6 is 0 Å². The predicted octanol–water partition coefficient (Wildman–Crippen LogP) is 1.67. The van der Waals surface area contributed by atoms with Crippen molar-refractivity contribution in [3.8, 4) is 16.9 Å². The largest absolute Gasteiger partial charge is 0.508 e. The number of phenols is 1. The molecule has 11 heteroatoms. The number of hydrogen-bond acceptors (Lipinski definition) is 10. The highest BCUT2D eigenvalue weighted by Crippen LogP contribution is 2.53. The van der Waals surface area contributed by atoms with E-state index in [0.717, 1.165) is 36.2 Å². The normalized spacial score (nSPS) is 24.9. The molecular formula is C33H40N4O7. The molecule has 1 fully saturated rings. The average molecular weight is 605 g/mol. The van der Waals surface area contributed by atoms with E-state index < -0.39 is 58.0 Å². The number of aromatic hydroxyl groups is 1. The van der Waals surface area contributed by atoms with Crippen LogP contribution in [0.3, 0.4) is 0 Å². The number of nitrogens with one attached hydrogen (secondary N) is 1. The highest BCUT2D eigenvalue weighted by Gasteiger charge is 2.64. The summed E-state index contributed by atoms with van der Waals surface area (Å²) >= 11 is 0. The molecule has 234 valence electrons. The molecule has 0 saturated heterocycles. The van der Waals surface area contributed by atoms with Gasteiger partial charge in [0.15, 0.2) is 11.4 Å². The molecule has 7 N–H and O–H groups in total. The minimum absolute atomic E-state index is 0.0395. The topological polar surface area (TPSA) is 177 Å². The number of hydrogen-bond donors (Lipinski definition) is 6. The Kier molecular flexibility index (Phi) is 8.43. The number of aliphatic hydroxyl groups is 3. The minimum atomic E-state index is -2.66. The number of ketones is 2. The smallest absolute Gasteiger partial charge is 0.255 e. The lowest BCUT2D eigenvalue weighted by atomic mass is 9.57. The molecule has 3 aliphatic carbocycles. The second kappa shape index (κ2) is 11.8. The monoisotopic (exact) mass is 604 g/mol. The second-order valence-corrected chi connectivity index (χ2v) is 12.5. The third-order valence-corrected chi connectivity index (χ3v) is 9.13. The van der Waals surface area contributed by atoms with Gasteiger partial charge in [0, 0.05) is 18.0 Å². The number of fused-ring (bicyclic) bond motifs is 3. The highest BCUT2D eigenvalue weighted by molar-refractivity contribution is 6.24. The Morgan fingerprint density at radius 1 is 1.09 bits per heavy atom. The first-order chi connectivity index (χ1) is 20.8. The van der Waals surface area contributed by atoms with Gasteiger partial charge in [-0.1, -0.05) is 24.3 Å². The summed E-state index contributed by atoms with van der Waals surface area (Å²) in [6.07, 6.45) is 1.28. The Bertz CT molecular complexity index is 1590. The van der Waals surface area contributed by atoms with Gasteiger partial charge in [-0.3, -0.25) is 19.3 Å². The van der Waals surface area contributed by atoms with Crippen LogP contribution in [0.15, 0.2) is 53.3 Å². The van der Waals surface area contributed by atoms with Gasteiger partial charge in [0.1, 0.15) is 22.8 Å². The minimum Gasteiger partial charge on any atom is -0.508 e. The van der Waals surface area contributed by atoms with Gasteiger partial charge in [0.05, 0.1) is 11.6 Å². The number of carbonyl (C=O) groups is 3. The van der Waals surface area contributed by atoms with Crippen LogP contribution < -0.4 is 11.1 Å². The van der Waals surface area contributed by atoms with Crippen molar-refractivity contribution < 1.29 is 34.8 Å². The average Bonchev–Trinajstić information content (AvgIpc) is 2.94. The van der Waals surface area contributed by atoms with Crippen LogP contribution in [0.1, 0.15) is 29.5 Å². The number of carbonyl (C=O) groups excluding carboxylic acids is 3. The molecule has 1 amide bonds. The predicted molar refractivity (Wildman–Crippen MR) is 165 cm³/mol. The van der Waals surface area contributed by atoms with Crippen molar-refractivity contribution in [3.63, 3.8) is 0 Å². The molecule has 3 aliphatic rings. The maximum atomic E-state index is 14.0. The van der Waals surface area contributed by atoms with Crippen LogP contribution in [0.25, 0.3) is 16.9 Å². The van der Waals surface area contributed by atoms with Crippen LogP contribution in [-0.2, 0) is 27.3 Å². The van der Waals surface area contributed by atoms with E-state index in [1.54, 1.807) is 20.2 Å². The molecule has 4 atom stereocenters. The summed E-state index contributed by atoms with van der Waals surface area (Å²) in [4.78, 5) is 43.2.